The van der Waals surface area contributed by atoms with Gasteiger partial charge in [0, 0.05) is 23.7 Å². The molecule has 0 aliphatic carbocycles. The zero-order valence-electron chi connectivity index (χ0n) is 22.3. The molecule has 6 nitrogen and oxygen atoms in total. The summed E-state index contributed by atoms with van der Waals surface area (Å²) in [5, 5.41) is 12.4. The second-order valence-electron chi connectivity index (χ2n) is 9.99. The minimum absolute atomic E-state index is 0.0840. The molecule has 3 aromatic carbocycles. The largest absolute Gasteiger partial charge is 0.416 e. The van der Waals surface area contributed by atoms with Crippen molar-refractivity contribution in [2.45, 2.75) is 48.6 Å². The fourth-order valence-corrected chi connectivity index (χ4v) is 5.86. The average molecular weight is 615 g/mol. The Morgan fingerprint density at radius 2 is 1.55 bits per heavy atom. The molecule has 13 heteroatoms. The van der Waals surface area contributed by atoms with E-state index in [9.17, 15) is 44.7 Å². The molecule has 3 atom stereocenters. The quantitative estimate of drug-likeness (QED) is 0.309. The summed E-state index contributed by atoms with van der Waals surface area (Å²) in [7, 11) is -3.43. The molecule has 1 fully saturated rings. The van der Waals surface area contributed by atoms with Crippen LogP contribution in [0.5, 0.6) is 0 Å². The van der Waals surface area contributed by atoms with Gasteiger partial charge in [-0.25, -0.2) is 8.42 Å². The van der Waals surface area contributed by atoms with E-state index in [2.05, 4.69) is 5.32 Å². The third-order valence-corrected chi connectivity index (χ3v) is 9.11. The van der Waals surface area contributed by atoms with Crippen molar-refractivity contribution in [2.75, 3.05) is 23.8 Å². The van der Waals surface area contributed by atoms with Crippen molar-refractivity contribution in [3.63, 3.8) is 0 Å². The maximum Gasteiger partial charge on any atom is 0.416 e. The lowest BCUT2D eigenvalue weighted by Gasteiger charge is -2.28. The molecule has 0 radical (unpaired) electrons. The average Bonchev–Trinajstić information content (AvgIpc) is 3.42. The number of aliphatic hydroxyl groups excluding tert-OH is 1. The first kappa shape index (κ1) is 31.4. The lowest BCUT2D eigenvalue weighted by atomic mass is 9.95. The van der Waals surface area contributed by atoms with Gasteiger partial charge in [0.05, 0.1) is 28.9 Å². The Bertz CT molecular complexity index is 1490. The zero-order valence-corrected chi connectivity index (χ0v) is 23.1. The van der Waals surface area contributed by atoms with E-state index in [1.54, 1.807) is 0 Å². The van der Waals surface area contributed by atoms with Crippen LogP contribution in [0.1, 0.15) is 52.4 Å². The van der Waals surface area contributed by atoms with E-state index in [1.807, 2.05) is 0 Å². The highest BCUT2D eigenvalue weighted by Gasteiger charge is 2.49. The van der Waals surface area contributed by atoms with Crippen LogP contribution >= 0.6 is 0 Å². The van der Waals surface area contributed by atoms with Gasteiger partial charge in [0.2, 0.25) is 0 Å². The lowest BCUT2D eigenvalue weighted by molar-refractivity contribution is -0.146. The Labute approximate surface area is 238 Å². The predicted molar refractivity (Wildman–Crippen MR) is 144 cm³/mol. The van der Waals surface area contributed by atoms with Crippen LogP contribution in [0.25, 0.3) is 0 Å². The minimum Gasteiger partial charge on any atom is -0.394 e. The van der Waals surface area contributed by atoms with Gasteiger partial charge in [-0.3, -0.25) is 4.79 Å². The zero-order chi connectivity index (χ0) is 30.9. The first-order chi connectivity index (χ1) is 19.6. The number of nitrogens with zero attached hydrogens (tertiary/aromatic N) is 1. The number of benzene rings is 3. The van der Waals surface area contributed by atoms with Crippen molar-refractivity contribution < 1.29 is 44.7 Å². The van der Waals surface area contributed by atoms with E-state index in [-0.39, 0.29) is 34.9 Å². The van der Waals surface area contributed by atoms with Crippen molar-refractivity contribution in [1.82, 2.24) is 5.32 Å². The number of hydrogen-bond donors (Lipinski definition) is 2. The number of sulfone groups is 1. The molecule has 1 aliphatic rings. The van der Waals surface area contributed by atoms with Gasteiger partial charge in [-0.05, 0) is 66.1 Å². The molecule has 1 saturated heterocycles. The van der Waals surface area contributed by atoms with Gasteiger partial charge in [-0.2, -0.15) is 26.3 Å². The summed E-state index contributed by atoms with van der Waals surface area (Å²) in [5.74, 6) is -1.35. The maximum atomic E-state index is 14.0. The second-order valence-corrected chi connectivity index (χ2v) is 12.3. The molecule has 0 bridgehead atoms. The molecule has 0 aromatic heterocycles. The molecule has 2 N–H and O–H groups in total. The fourth-order valence-electron chi connectivity index (χ4n) is 4.97. The van der Waals surface area contributed by atoms with Crippen LogP contribution in [0.3, 0.4) is 0 Å². The molecule has 1 aliphatic heterocycles. The number of carbonyl (C=O) groups excluding carboxylic acids is 1. The summed E-state index contributed by atoms with van der Waals surface area (Å²) in [6, 6.07) is 12.5. The Balaban J connectivity index is 1.49. The molecule has 226 valence electrons. The molecule has 0 saturated carbocycles. The number of aliphatic hydroxyl groups is 1. The van der Waals surface area contributed by atoms with Gasteiger partial charge in [-0.15, -0.1) is 0 Å². The molecule has 1 amide bonds. The number of hydrogen-bond acceptors (Lipinski definition) is 5. The van der Waals surface area contributed by atoms with E-state index >= 15 is 0 Å². The minimum atomic E-state index is -4.60. The SMILES string of the molecule is CCS(=O)(=O)c1ccc([C@H](CO)NC(=O)c2ccc(N3CC(c4ccc(C(F)(F)F)cc4)C[C@H]3C(F)(F)F)cc2)cc1. The molecular weight excluding hydrogens is 586 g/mol. The third kappa shape index (κ3) is 6.89. The van der Waals surface area contributed by atoms with Gasteiger partial charge in [-0.1, -0.05) is 31.2 Å². The number of alkyl halides is 6. The van der Waals surface area contributed by atoms with Crippen molar-refractivity contribution in [1.29, 1.82) is 0 Å². The Morgan fingerprint density at radius 1 is 0.952 bits per heavy atom. The first-order valence-corrected chi connectivity index (χ1v) is 14.6. The highest BCUT2D eigenvalue weighted by atomic mass is 32.2. The summed E-state index contributed by atoms with van der Waals surface area (Å²) in [6.07, 6.45) is -9.49. The number of amides is 1. The first-order valence-electron chi connectivity index (χ1n) is 13.0. The normalized spacial score (nSPS) is 18.6. The third-order valence-electron chi connectivity index (χ3n) is 7.36. The van der Waals surface area contributed by atoms with Crippen LogP contribution in [-0.2, 0) is 16.0 Å². The molecule has 4 rings (SSSR count). The lowest BCUT2D eigenvalue weighted by Crippen LogP contribution is -2.41. The van der Waals surface area contributed by atoms with Crippen LogP contribution < -0.4 is 10.2 Å². The fraction of sp³-hybridized carbons (Fsp3) is 0.345. The number of halogens is 6. The molecular formula is C29H28F6N2O4S. The van der Waals surface area contributed by atoms with E-state index in [1.165, 1.54) is 67.6 Å². The second kappa shape index (κ2) is 12.0. The van der Waals surface area contributed by atoms with Gasteiger partial charge < -0.3 is 15.3 Å². The molecule has 42 heavy (non-hydrogen) atoms. The van der Waals surface area contributed by atoms with E-state index in [4.69, 9.17) is 0 Å². The summed E-state index contributed by atoms with van der Waals surface area (Å²) in [6.45, 7) is 0.934. The number of carbonyl (C=O) groups is 1. The number of anilines is 1. The van der Waals surface area contributed by atoms with Crippen LogP contribution in [0.15, 0.2) is 77.7 Å². The van der Waals surface area contributed by atoms with E-state index < -0.39 is 58.3 Å². The molecule has 0 spiro atoms. The van der Waals surface area contributed by atoms with Crippen molar-refractivity contribution in [3.05, 3.63) is 95.1 Å². The predicted octanol–water partition coefficient (Wildman–Crippen LogP) is 5.89. The van der Waals surface area contributed by atoms with Crippen LogP contribution in [-0.4, -0.2) is 50.6 Å². The van der Waals surface area contributed by atoms with Crippen molar-refractivity contribution in [3.8, 4) is 0 Å². The Morgan fingerprint density at radius 3 is 2.05 bits per heavy atom. The monoisotopic (exact) mass is 614 g/mol. The highest BCUT2D eigenvalue weighted by molar-refractivity contribution is 7.91. The number of nitrogens with one attached hydrogen (secondary N) is 1. The van der Waals surface area contributed by atoms with Gasteiger partial charge >= 0.3 is 12.4 Å². The topological polar surface area (TPSA) is 86.7 Å². The maximum absolute atomic E-state index is 14.0. The van der Waals surface area contributed by atoms with Crippen LogP contribution in [0, 0.1) is 0 Å². The highest BCUT2D eigenvalue weighted by Crippen LogP contribution is 2.42. The molecule has 1 unspecified atom stereocenters. The Kier molecular flexibility index (Phi) is 8.93. The smallest absolute Gasteiger partial charge is 0.394 e. The molecule has 1 heterocycles. The van der Waals surface area contributed by atoms with E-state index in [0.29, 0.717) is 11.1 Å². The number of rotatable bonds is 8. The standard InChI is InChI=1S/C29H28F6N2O4S/c1-2-42(40,41)24-13-7-19(8-14-24)25(17-38)36-27(39)20-5-11-23(12-6-20)37-16-21(15-26(37)29(33,34)35)18-3-9-22(10-4-18)28(30,31)32/h3-14,21,25-26,38H,2,15-17H2,1H3,(H,36,39)/t21?,25-,26-/m0/s1. The van der Waals surface area contributed by atoms with E-state index in [0.717, 1.165) is 17.0 Å². The van der Waals surface area contributed by atoms with Crippen molar-refractivity contribution >= 4 is 21.4 Å². The summed E-state index contributed by atoms with van der Waals surface area (Å²) in [4.78, 5) is 14.1. The van der Waals surface area contributed by atoms with Crippen molar-refractivity contribution in [2.24, 2.45) is 0 Å². The summed E-state index contributed by atoms with van der Waals surface area (Å²) in [5.41, 5.74) is 0.245. The summed E-state index contributed by atoms with van der Waals surface area (Å²) >= 11 is 0. The van der Waals surface area contributed by atoms with Gasteiger partial charge in [0.1, 0.15) is 6.04 Å². The van der Waals surface area contributed by atoms with Crippen LogP contribution in [0.2, 0.25) is 0 Å². The Hall–Kier alpha value is -3.58. The van der Waals surface area contributed by atoms with Gasteiger partial charge in [0.15, 0.2) is 9.84 Å². The van der Waals surface area contributed by atoms with Gasteiger partial charge in [0.25, 0.3) is 5.91 Å². The molecule has 3 aromatic rings. The summed E-state index contributed by atoms with van der Waals surface area (Å²) < 4.78 is 105. The van der Waals surface area contributed by atoms with Crippen LogP contribution in [0.4, 0.5) is 32.0 Å².